The van der Waals surface area contributed by atoms with Crippen molar-refractivity contribution in [1.29, 1.82) is 0 Å². The molecule has 2 rings (SSSR count). The van der Waals surface area contributed by atoms with Crippen molar-refractivity contribution in [3.05, 3.63) is 34.4 Å². The lowest BCUT2D eigenvalue weighted by atomic mass is 10.3. The minimum absolute atomic E-state index is 0.351. The van der Waals surface area contributed by atoms with E-state index in [1.54, 1.807) is 0 Å². The highest BCUT2D eigenvalue weighted by Gasteiger charge is 2.32. The molecule has 2 atom stereocenters. The molecule has 1 aromatic carbocycles. The van der Waals surface area contributed by atoms with Gasteiger partial charge in [-0.05, 0) is 6.07 Å². The lowest BCUT2D eigenvalue weighted by Crippen LogP contribution is -2.40. The summed E-state index contributed by atoms with van der Waals surface area (Å²) in [5, 5.41) is 13.4. The number of hydrogen-bond donors (Lipinski definition) is 2. The van der Waals surface area contributed by atoms with E-state index in [1.165, 1.54) is 18.2 Å². The molecule has 1 fully saturated rings. The Morgan fingerprint density at radius 3 is 2.63 bits per heavy atom. The Labute approximate surface area is 115 Å². The molecule has 2 N–H and O–H groups in total. The first-order valence-electron chi connectivity index (χ1n) is 5.52. The normalized spacial score (nSPS) is 23.4. The minimum atomic E-state index is -3.97. The van der Waals surface area contributed by atoms with E-state index >= 15 is 0 Å². The third kappa shape index (κ3) is 3.03. The van der Waals surface area contributed by atoms with Crippen molar-refractivity contribution in [2.75, 3.05) is 13.1 Å². The van der Waals surface area contributed by atoms with Crippen molar-refractivity contribution < 1.29 is 13.3 Å². The minimum Gasteiger partial charge on any atom is -0.314 e. The van der Waals surface area contributed by atoms with Gasteiger partial charge >= 0.3 is 0 Å². The molecule has 0 saturated carbocycles. The lowest BCUT2D eigenvalue weighted by molar-refractivity contribution is -0.387. The molecular formula is C10H12ClN3O4S. The highest BCUT2D eigenvalue weighted by atomic mass is 35.5. The fraction of sp³-hybridized carbons (Fsp3) is 0.400. The first-order valence-corrected chi connectivity index (χ1v) is 7.44. The van der Waals surface area contributed by atoms with Crippen LogP contribution in [0.2, 0.25) is 0 Å². The van der Waals surface area contributed by atoms with Crippen LogP contribution in [0, 0.1) is 10.1 Å². The summed E-state index contributed by atoms with van der Waals surface area (Å²) < 4.78 is 26.7. The molecule has 0 amide bonds. The van der Waals surface area contributed by atoms with Gasteiger partial charge in [0, 0.05) is 19.2 Å². The van der Waals surface area contributed by atoms with Crippen LogP contribution in [-0.2, 0) is 10.0 Å². The van der Waals surface area contributed by atoms with Gasteiger partial charge < -0.3 is 5.32 Å². The average molecular weight is 306 g/mol. The number of halogens is 1. The predicted octanol–water partition coefficient (Wildman–Crippen LogP) is 0.452. The van der Waals surface area contributed by atoms with Gasteiger partial charge in [0.15, 0.2) is 4.90 Å². The van der Waals surface area contributed by atoms with E-state index in [0.29, 0.717) is 13.1 Å². The Morgan fingerprint density at radius 2 is 2.05 bits per heavy atom. The van der Waals surface area contributed by atoms with Crippen LogP contribution in [0.15, 0.2) is 29.2 Å². The van der Waals surface area contributed by atoms with E-state index in [-0.39, 0.29) is 10.3 Å². The summed E-state index contributed by atoms with van der Waals surface area (Å²) in [6.07, 6.45) is 0. The molecular weight excluding hydrogens is 294 g/mol. The highest BCUT2D eigenvalue weighted by Crippen LogP contribution is 2.23. The maximum absolute atomic E-state index is 12.2. The lowest BCUT2D eigenvalue weighted by Gasteiger charge is -2.15. The Morgan fingerprint density at radius 1 is 1.37 bits per heavy atom. The number of hydrogen-bond acceptors (Lipinski definition) is 5. The van der Waals surface area contributed by atoms with Gasteiger partial charge in [0.05, 0.1) is 16.3 Å². The summed E-state index contributed by atoms with van der Waals surface area (Å²) >= 11 is 5.95. The van der Waals surface area contributed by atoms with Gasteiger partial charge in [-0.1, -0.05) is 12.1 Å². The molecule has 9 heteroatoms. The quantitative estimate of drug-likeness (QED) is 0.478. The number of alkyl halides is 1. The summed E-state index contributed by atoms with van der Waals surface area (Å²) in [5.74, 6) is 0. The van der Waals surface area contributed by atoms with E-state index in [2.05, 4.69) is 10.0 Å². The van der Waals surface area contributed by atoms with Gasteiger partial charge in [0.1, 0.15) is 0 Å². The van der Waals surface area contributed by atoms with Crippen molar-refractivity contribution in [1.82, 2.24) is 10.0 Å². The standard InChI is InChI=1S/C10H12ClN3O4S/c11-7-5-12-6-8(7)13-19(17,18)10-4-2-1-3-9(10)14(15)16/h1-4,7-8,12-13H,5-6H2. The Kier molecular flexibility index (Phi) is 4.04. The fourth-order valence-corrected chi connectivity index (χ4v) is 3.65. The monoisotopic (exact) mass is 305 g/mol. The van der Waals surface area contributed by atoms with Gasteiger partial charge in [0.25, 0.3) is 5.69 Å². The second kappa shape index (κ2) is 5.41. The van der Waals surface area contributed by atoms with Crippen molar-refractivity contribution >= 4 is 27.3 Å². The van der Waals surface area contributed by atoms with Crippen LogP contribution in [-0.4, -0.2) is 37.8 Å². The number of para-hydroxylation sites is 1. The number of nitro groups is 1. The highest BCUT2D eigenvalue weighted by molar-refractivity contribution is 7.89. The zero-order valence-corrected chi connectivity index (χ0v) is 11.3. The molecule has 1 aliphatic rings. The zero-order valence-electron chi connectivity index (χ0n) is 9.74. The van der Waals surface area contributed by atoms with Gasteiger partial charge in [-0.15, -0.1) is 11.6 Å². The molecule has 1 heterocycles. The summed E-state index contributed by atoms with van der Waals surface area (Å²) in [6.45, 7) is 0.889. The maximum atomic E-state index is 12.2. The summed E-state index contributed by atoms with van der Waals surface area (Å²) in [4.78, 5) is 9.77. The molecule has 7 nitrogen and oxygen atoms in total. The number of nitro benzene ring substituents is 1. The van der Waals surface area contributed by atoms with Crippen LogP contribution >= 0.6 is 11.6 Å². The average Bonchev–Trinajstić information content (AvgIpc) is 2.74. The van der Waals surface area contributed by atoms with Crippen LogP contribution in [0.3, 0.4) is 0 Å². The van der Waals surface area contributed by atoms with E-state index in [4.69, 9.17) is 11.6 Å². The second-order valence-corrected chi connectivity index (χ2v) is 6.37. The van der Waals surface area contributed by atoms with E-state index in [9.17, 15) is 18.5 Å². The van der Waals surface area contributed by atoms with Crippen molar-refractivity contribution in [3.8, 4) is 0 Å². The number of rotatable bonds is 4. The number of benzene rings is 1. The molecule has 0 bridgehead atoms. The van der Waals surface area contributed by atoms with Crippen LogP contribution < -0.4 is 10.0 Å². The molecule has 0 spiro atoms. The first kappa shape index (κ1) is 14.2. The molecule has 19 heavy (non-hydrogen) atoms. The van der Waals surface area contributed by atoms with Crippen LogP contribution in [0.5, 0.6) is 0 Å². The van der Waals surface area contributed by atoms with E-state index < -0.39 is 26.7 Å². The van der Waals surface area contributed by atoms with Gasteiger partial charge in [-0.2, -0.15) is 0 Å². The Bertz CT molecular complexity index is 592. The second-order valence-electron chi connectivity index (χ2n) is 4.13. The van der Waals surface area contributed by atoms with Gasteiger partial charge in [-0.3, -0.25) is 10.1 Å². The predicted molar refractivity (Wildman–Crippen MR) is 69.7 cm³/mol. The smallest absolute Gasteiger partial charge is 0.289 e. The maximum Gasteiger partial charge on any atom is 0.289 e. The Hall–Kier alpha value is -1.22. The molecule has 1 saturated heterocycles. The van der Waals surface area contributed by atoms with Crippen LogP contribution in [0.4, 0.5) is 5.69 Å². The molecule has 2 unspecified atom stereocenters. The molecule has 0 radical (unpaired) electrons. The third-order valence-corrected chi connectivity index (χ3v) is 4.79. The largest absolute Gasteiger partial charge is 0.314 e. The van der Waals surface area contributed by atoms with Crippen LogP contribution in [0.1, 0.15) is 0 Å². The molecule has 1 aromatic rings. The first-order chi connectivity index (χ1) is 8.92. The summed E-state index contributed by atoms with van der Waals surface area (Å²) in [7, 11) is -3.97. The summed E-state index contributed by atoms with van der Waals surface area (Å²) in [5.41, 5.74) is -0.452. The Balaban J connectivity index is 2.32. The van der Waals surface area contributed by atoms with Gasteiger partial charge in [0.2, 0.25) is 10.0 Å². The topological polar surface area (TPSA) is 101 Å². The number of nitrogens with zero attached hydrogens (tertiary/aromatic N) is 1. The summed E-state index contributed by atoms with van der Waals surface area (Å²) in [6, 6.07) is 4.73. The number of sulfonamides is 1. The molecule has 0 aliphatic carbocycles. The van der Waals surface area contributed by atoms with Crippen molar-refractivity contribution in [2.24, 2.45) is 0 Å². The zero-order chi connectivity index (χ0) is 14.0. The number of nitrogens with one attached hydrogen (secondary N) is 2. The molecule has 1 aliphatic heterocycles. The van der Waals surface area contributed by atoms with Crippen molar-refractivity contribution in [2.45, 2.75) is 16.3 Å². The van der Waals surface area contributed by atoms with E-state index in [0.717, 1.165) is 6.07 Å². The fourth-order valence-electron chi connectivity index (χ4n) is 1.86. The van der Waals surface area contributed by atoms with E-state index in [1.807, 2.05) is 0 Å². The molecule has 104 valence electrons. The van der Waals surface area contributed by atoms with Crippen LogP contribution in [0.25, 0.3) is 0 Å². The molecule has 0 aromatic heterocycles. The SMILES string of the molecule is O=[N+]([O-])c1ccccc1S(=O)(=O)NC1CNCC1Cl. The van der Waals surface area contributed by atoms with Crippen molar-refractivity contribution in [3.63, 3.8) is 0 Å². The third-order valence-electron chi connectivity index (χ3n) is 2.80. The van der Waals surface area contributed by atoms with Gasteiger partial charge in [-0.25, -0.2) is 13.1 Å².